The number of hydroxylamine groups is 2. The van der Waals surface area contributed by atoms with Gasteiger partial charge >= 0.3 is 5.97 Å². The summed E-state index contributed by atoms with van der Waals surface area (Å²) in [6.07, 6.45) is 2.55. The topological polar surface area (TPSA) is 49.8 Å². The molecule has 0 atom stereocenters. The van der Waals surface area contributed by atoms with E-state index in [0.29, 0.717) is 18.7 Å². The molecular weight excluding hydrogens is 290 g/mol. The van der Waals surface area contributed by atoms with Crippen molar-refractivity contribution < 1.29 is 14.7 Å². The van der Waals surface area contributed by atoms with E-state index in [1.807, 2.05) is 48.5 Å². The third-order valence-electron chi connectivity index (χ3n) is 3.49. The first-order chi connectivity index (χ1) is 11.3. The standard InChI is InChI=1S/C19H23NO3/c21-15-9-3-8-14-20(16-17-10-4-1-5-11-17)23-19(22)18-12-6-2-7-13-18/h1-2,4-7,10-13,21H,3,8-9,14-16H2. The first kappa shape index (κ1) is 17.2. The Morgan fingerprint density at radius 3 is 2.22 bits per heavy atom. The minimum atomic E-state index is -0.344. The van der Waals surface area contributed by atoms with Crippen molar-refractivity contribution in [2.24, 2.45) is 0 Å². The van der Waals surface area contributed by atoms with Crippen molar-refractivity contribution in [1.29, 1.82) is 0 Å². The van der Waals surface area contributed by atoms with E-state index < -0.39 is 0 Å². The Kier molecular flexibility index (Phi) is 7.30. The predicted molar refractivity (Wildman–Crippen MR) is 89.6 cm³/mol. The second-order valence-corrected chi connectivity index (χ2v) is 5.38. The highest BCUT2D eigenvalue weighted by molar-refractivity contribution is 5.89. The normalized spacial score (nSPS) is 10.7. The number of benzene rings is 2. The number of carbonyl (C=O) groups excluding carboxylic acids is 1. The van der Waals surface area contributed by atoms with Crippen LogP contribution in [0.3, 0.4) is 0 Å². The first-order valence-electron chi connectivity index (χ1n) is 7.96. The summed E-state index contributed by atoms with van der Waals surface area (Å²) in [5.74, 6) is -0.344. The molecule has 2 rings (SSSR count). The summed E-state index contributed by atoms with van der Waals surface area (Å²) in [7, 11) is 0. The van der Waals surface area contributed by atoms with Crippen LogP contribution in [-0.2, 0) is 11.4 Å². The highest BCUT2D eigenvalue weighted by atomic mass is 16.7. The average Bonchev–Trinajstić information content (AvgIpc) is 2.60. The number of unbranched alkanes of at least 4 members (excludes halogenated alkanes) is 2. The summed E-state index contributed by atoms with van der Waals surface area (Å²) in [6, 6.07) is 18.9. The summed E-state index contributed by atoms with van der Waals surface area (Å²) < 4.78 is 0. The van der Waals surface area contributed by atoms with Gasteiger partial charge in [0.25, 0.3) is 0 Å². The molecule has 4 heteroatoms. The molecule has 0 bridgehead atoms. The molecule has 0 amide bonds. The lowest BCUT2D eigenvalue weighted by Gasteiger charge is -2.21. The van der Waals surface area contributed by atoms with Crippen LogP contribution >= 0.6 is 0 Å². The zero-order valence-electron chi connectivity index (χ0n) is 13.2. The first-order valence-corrected chi connectivity index (χ1v) is 7.96. The van der Waals surface area contributed by atoms with Gasteiger partial charge in [-0.25, -0.2) is 4.79 Å². The Hall–Kier alpha value is -2.17. The maximum absolute atomic E-state index is 12.2. The van der Waals surface area contributed by atoms with Crippen LogP contribution in [0, 0.1) is 0 Å². The Morgan fingerprint density at radius 1 is 0.913 bits per heavy atom. The fraction of sp³-hybridized carbons (Fsp3) is 0.316. The third kappa shape index (κ3) is 6.22. The van der Waals surface area contributed by atoms with E-state index in [1.165, 1.54) is 0 Å². The highest BCUT2D eigenvalue weighted by Gasteiger charge is 2.14. The van der Waals surface area contributed by atoms with Crippen LogP contribution in [0.15, 0.2) is 60.7 Å². The molecule has 23 heavy (non-hydrogen) atoms. The van der Waals surface area contributed by atoms with E-state index in [4.69, 9.17) is 9.94 Å². The molecule has 122 valence electrons. The Labute approximate surface area is 137 Å². The Morgan fingerprint density at radius 2 is 1.57 bits per heavy atom. The molecular formula is C19H23NO3. The van der Waals surface area contributed by atoms with Gasteiger partial charge in [-0.2, -0.15) is 0 Å². The molecule has 0 saturated heterocycles. The van der Waals surface area contributed by atoms with Gasteiger partial charge in [-0.05, 0) is 37.0 Å². The number of hydrogen-bond acceptors (Lipinski definition) is 4. The van der Waals surface area contributed by atoms with Crippen LogP contribution in [0.25, 0.3) is 0 Å². The van der Waals surface area contributed by atoms with Crippen LogP contribution in [0.1, 0.15) is 35.2 Å². The Balaban J connectivity index is 1.96. The molecule has 0 aliphatic rings. The van der Waals surface area contributed by atoms with E-state index in [-0.39, 0.29) is 12.6 Å². The molecule has 0 aromatic heterocycles. The lowest BCUT2D eigenvalue weighted by Crippen LogP contribution is -2.28. The molecule has 0 aliphatic carbocycles. The maximum Gasteiger partial charge on any atom is 0.357 e. The zero-order chi connectivity index (χ0) is 16.3. The molecule has 2 aromatic rings. The van der Waals surface area contributed by atoms with E-state index >= 15 is 0 Å². The van der Waals surface area contributed by atoms with Crippen molar-refractivity contribution in [3.63, 3.8) is 0 Å². The van der Waals surface area contributed by atoms with Crippen molar-refractivity contribution in [2.45, 2.75) is 25.8 Å². The molecule has 0 radical (unpaired) electrons. The Bertz CT molecular complexity index is 572. The van der Waals surface area contributed by atoms with Crippen LogP contribution in [0.2, 0.25) is 0 Å². The molecule has 0 aliphatic heterocycles. The van der Waals surface area contributed by atoms with Crippen LogP contribution < -0.4 is 0 Å². The van der Waals surface area contributed by atoms with Crippen molar-refractivity contribution in [3.8, 4) is 0 Å². The average molecular weight is 313 g/mol. The lowest BCUT2D eigenvalue weighted by molar-refractivity contribution is -0.117. The molecule has 0 saturated carbocycles. The van der Waals surface area contributed by atoms with E-state index in [0.717, 1.165) is 24.8 Å². The van der Waals surface area contributed by atoms with Gasteiger partial charge in [0.1, 0.15) is 0 Å². The van der Waals surface area contributed by atoms with Gasteiger partial charge in [-0.15, -0.1) is 5.06 Å². The monoisotopic (exact) mass is 313 g/mol. The van der Waals surface area contributed by atoms with Crippen LogP contribution in [0.5, 0.6) is 0 Å². The summed E-state index contributed by atoms with van der Waals surface area (Å²) in [4.78, 5) is 17.8. The van der Waals surface area contributed by atoms with Gasteiger partial charge in [0.2, 0.25) is 0 Å². The van der Waals surface area contributed by atoms with Gasteiger partial charge in [0.05, 0.1) is 12.1 Å². The minimum absolute atomic E-state index is 0.197. The SMILES string of the molecule is O=C(ON(CCCCCO)Cc1ccccc1)c1ccccc1. The van der Waals surface area contributed by atoms with Crippen LogP contribution in [0.4, 0.5) is 0 Å². The van der Waals surface area contributed by atoms with Crippen molar-refractivity contribution in [2.75, 3.05) is 13.2 Å². The molecule has 1 N–H and O–H groups in total. The third-order valence-corrected chi connectivity index (χ3v) is 3.49. The summed E-state index contributed by atoms with van der Waals surface area (Å²) in [5.41, 5.74) is 1.64. The van der Waals surface area contributed by atoms with E-state index in [1.54, 1.807) is 17.2 Å². The number of nitrogens with zero attached hydrogens (tertiary/aromatic N) is 1. The molecule has 0 unspecified atom stereocenters. The van der Waals surface area contributed by atoms with Gasteiger partial charge in [-0.1, -0.05) is 48.5 Å². The summed E-state index contributed by atoms with van der Waals surface area (Å²) in [5, 5.41) is 10.6. The zero-order valence-corrected chi connectivity index (χ0v) is 13.2. The number of hydrogen-bond donors (Lipinski definition) is 1. The van der Waals surface area contributed by atoms with Crippen LogP contribution in [-0.4, -0.2) is 29.3 Å². The second kappa shape index (κ2) is 9.77. The predicted octanol–water partition coefficient (Wildman–Crippen LogP) is 3.42. The summed E-state index contributed by atoms with van der Waals surface area (Å²) >= 11 is 0. The molecule has 0 heterocycles. The number of aliphatic hydroxyl groups excluding tert-OH is 1. The number of aliphatic hydroxyl groups is 1. The maximum atomic E-state index is 12.2. The van der Waals surface area contributed by atoms with E-state index in [9.17, 15) is 4.79 Å². The van der Waals surface area contributed by atoms with E-state index in [2.05, 4.69) is 0 Å². The number of rotatable bonds is 9. The molecule has 2 aromatic carbocycles. The minimum Gasteiger partial charge on any atom is -0.396 e. The number of carbonyl (C=O) groups is 1. The smallest absolute Gasteiger partial charge is 0.357 e. The van der Waals surface area contributed by atoms with Gasteiger partial charge in [0.15, 0.2) is 0 Å². The second-order valence-electron chi connectivity index (χ2n) is 5.38. The van der Waals surface area contributed by atoms with Gasteiger partial charge in [0, 0.05) is 13.2 Å². The largest absolute Gasteiger partial charge is 0.396 e. The fourth-order valence-electron chi connectivity index (χ4n) is 2.26. The fourth-order valence-corrected chi connectivity index (χ4v) is 2.26. The quantitative estimate of drug-likeness (QED) is 0.569. The molecule has 0 spiro atoms. The van der Waals surface area contributed by atoms with Crippen molar-refractivity contribution in [3.05, 3.63) is 71.8 Å². The van der Waals surface area contributed by atoms with Crippen molar-refractivity contribution >= 4 is 5.97 Å². The summed E-state index contributed by atoms with van der Waals surface area (Å²) in [6.45, 7) is 1.40. The molecule has 0 fully saturated rings. The molecule has 4 nitrogen and oxygen atoms in total. The van der Waals surface area contributed by atoms with Crippen molar-refractivity contribution in [1.82, 2.24) is 5.06 Å². The van der Waals surface area contributed by atoms with Gasteiger partial charge in [-0.3, -0.25) is 0 Å². The van der Waals surface area contributed by atoms with Gasteiger partial charge < -0.3 is 9.94 Å². The lowest BCUT2D eigenvalue weighted by atomic mass is 10.2. The highest BCUT2D eigenvalue weighted by Crippen LogP contribution is 2.10.